The highest BCUT2D eigenvalue weighted by Crippen LogP contribution is 2.33. The molecular weight excluding hydrogens is 200 g/mol. The van der Waals surface area contributed by atoms with E-state index in [1.54, 1.807) is 6.08 Å². The van der Waals surface area contributed by atoms with Crippen LogP contribution in [0.15, 0.2) is 23.3 Å². The van der Waals surface area contributed by atoms with Crippen LogP contribution >= 0.6 is 0 Å². The predicted molar refractivity (Wildman–Crippen MR) is 66.0 cm³/mol. The number of allylic oxidation sites excluding steroid dienone is 3. The van der Waals surface area contributed by atoms with Crippen molar-refractivity contribution in [2.75, 3.05) is 0 Å². The molecule has 1 atom stereocenters. The number of hydrogen-bond donors (Lipinski definition) is 0. The zero-order chi connectivity index (χ0) is 12.3. The second-order valence-electron chi connectivity index (χ2n) is 5.13. The summed E-state index contributed by atoms with van der Waals surface area (Å²) in [7, 11) is 0. The lowest BCUT2D eigenvalue weighted by atomic mass is 9.82. The first-order chi connectivity index (χ1) is 7.36. The van der Waals surface area contributed by atoms with Gasteiger partial charge < -0.3 is 4.52 Å². The first-order valence-corrected chi connectivity index (χ1v) is 5.49. The van der Waals surface area contributed by atoms with E-state index < -0.39 is 0 Å². The van der Waals surface area contributed by atoms with Crippen molar-refractivity contribution in [2.45, 2.75) is 40.5 Å². The van der Waals surface area contributed by atoms with Gasteiger partial charge in [0, 0.05) is 5.92 Å². The molecule has 0 aliphatic heterocycles. The average Bonchev–Trinajstić information content (AvgIpc) is 2.64. The molecule has 0 radical (unpaired) electrons. The third-order valence-electron chi connectivity index (χ3n) is 2.83. The van der Waals surface area contributed by atoms with Crippen LogP contribution in [0.2, 0.25) is 0 Å². The summed E-state index contributed by atoms with van der Waals surface area (Å²) in [6, 6.07) is 0. The van der Waals surface area contributed by atoms with E-state index in [9.17, 15) is 0 Å². The molecule has 1 rings (SSSR count). The highest BCUT2D eigenvalue weighted by atomic mass is 16.5. The minimum Gasteiger partial charge on any atom is -0.339 e. The van der Waals surface area contributed by atoms with Gasteiger partial charge in [-0.05, 0) is 17.9 Å². The summed E-state index contributed by atoms with van der Waals surface area (Å²) < 4.78 is 5.28. The third-order valence-corrected chi connectivity index (χ3v) is 2.83. The minimum atomic E-state index is 0.125. The van der Waals surface area contributed by atoms with Crippen molar-refractivity contribution in [1.82, 2.24) is 10.1 Å². The number of hydrogen-bond acceptors (Lipinski definition) is 3. The third kappa shape index (κ3) is 2.81. The van der Waals surface area contributed by atoms with Crippen molar-refractivity contribution < 1.29 is 4.52 Å². The molecule has 1 heterocycles. The fourth-order valence-corrected chi connectivity index (χ4v) is 1.19. The molecule has 3 heteroatoms. The maximum atomic E-state index is 5.28. The van der Waals surface area contributed by atoms with Crippen LogP contribution in [0.25, 0.3) is 5.57 Å². The van der Waals surface area contributed by atoms with Gasteiger partial charge in [0.1, 0.15) is 0 Å². The van der Waals surface area contributed by atoms with Gasteiger partial charge in [0.05, 0.1) is 0 Å². The second kappa shape index (κ2) is 4.64. The summed E-state index contributed by atoms with van der Waals surface area (Å²) in [5.41, 5.74) is 1.09. The van der Waals surface area contributed by atoms with Gasteiger partial charge in [0.25, 0.3) is 0 Å². The summed E-state index contributed by atoms with van der Waals surface area (Å²) in [4.78, 5) is 4.40. The Hall–Kier alpha value is -1.38. The molecule has 16 heavy (non-hydrogen) atoms. The van der Waals surface area contributed by atoms with Crippen LogP contribution in [0, 0.1) is 5.41 Å². The van der Waals surface area contributed by atoms with Gasteiger partial charge in [-0.1, -0.05) is 51.6 Å². The first kappa shape index (κ1) is 12.7. The largest absolute Gasteiger partial charge is 0.339 e. The highest BCUT2D eigenvalue weighted by Gasteiger charge is 2.26. The quantitative estimate of drug-likeness (QED) is 0.727. The lowest BCUT2D eigenvalue weighted by molar-refractivity contribution is 0.262. The van der Waals surface area contributed by atoms with Crippen LogP contribution < -0.4 is 0 Å². The Labute approximate surface area is 97.3 Å². The van der Waals surface area contributed by atoms with Gasteiger partial charge in [0.15, 0.2) is 5.82 Å². The highest BCUT2D eigenvalue weighted by molar-refractivity contribution is 5.58. The zero-order valence-electron chi connectivity index (χ0n) is 10.7. The molecule has 1 aromatic rings. The van der Waals surface area contributed by atoms with Gasteiger partial charge in [-0.3, -0.25) is 0 Å². The molecule has 88 valence electrons. The smallest absolute Gasteiger partial charge is 0.230 e. The van der Waals surface area contributed by atoms with Gasteiger partial charge >= 0.3 is 0 Å². The lowest BCUT2D eigenvalue weighted by Crippen LogP contribution is -2.15. The molecule has 0 aromatic carbocycles. The van der Waals surface area contributed by atoms with E-state index in [-0.39, 0.29) is 11.3 Å². The number of aromatic nitrogens is 2. The SMILES string of the molecule is C=C/C=C(\C)c1noc([C@@H](C)C(C)(C)C)n1. The molecule has 0 aliphatic carbocycles. The summed E-state index contributed by atoms with van der Waals surface area (Å²) in [6.07, 6.45) is 3.59. The molecule has 1 aromatic heterocycles. The molecule has 0 amide bonds. The Morgan fingerprint density at radius 3 is 2.56 bits per heavy atom. The summed E-state index contributed by atoms with van der Waals surface area (Å²) >= 11 is 0. The zero-order valence-corrected chi connectivity index (χ0v) is 10.7. The normalized spacial score (nSPS) is 14.9. The van der Waals surface area contributed by atoms with E-state index in [0.717, 1.165) is 5.57 Å². The van der Waals surface area contributed by atoms with Gasteiger partial charge in [-0.25, -0.2) is 0 Å². The Morgan fingerprint density at radius 1 is 1.44 bits per heavy atom. The summed E-state index contributed by atoms with van der Waals surface area (Å²) in [6.45, 7) is 14.2. The second-order valence-corrected chi connectivity index (χ2v) is 5.13. The van der Waals surface area contributed by atoms with Gasteiger partial charge in [0.2, 0.25) is 5.89 Å². The van der Waals surface area contributed by atoms with Crippen molar-refractivity contribution in [3.63, 3.8) is 0 Å². The van der Waals surface area contributed by atoms with Crippen molar-refractivity contribution in [2.24, 2.45) is 5.41 Å². The first-order valence-electron chi connectivity index (χ1n) is 5.49. The summed E-state index contributed by atoms with van der Waals surface area (Å²) in [5.74, 6) is 1.58. The maximum absolute atomic E-state index is 5.28. The van der Waals surface area contributed by atoms with Crippen molar-refractivity contribution in [3.8, 4) is 0 Å². The van der Waals surface area contributed by atoms with Crippen molar-refractivity contribution in [3.05, 3.63) is 30.4 Å². The maximum Gasteiger partial charge on any atom is 0.230 e. The molecule has 0 saturated heterocycles. The molecule has 0 bridgehead atoms. The average molecular weight is 220 g/mol. The number of rotatable bonds is 3. The Balaban J connectivity index is 2.96. The number of nitrogens with zero attached hydrogens (tertiary/aromatic N) is 2. The van der Waals surface area contributed by atoms with E-state index in [4.69, 9.17) is 4.52 Å². The van der Waals surface area contributed by atoms with E-state index in [2.05, 4.69) is 44.4 Å². The minimum absolute atomic E-state index is 0.125. The summed E-state index contributed by atoms with van der Waals surface area (Å²) in [5, 5.41) is 3.97. The van der Waals surface area contributed by atoms with Crippen molar-refractivity contribution in [1.29, 1.82) is 0 Å². The monoisotopic (exact) mass is 220 g/mol. The van der Waals surface area contributed by atoms with E-state index in [0.29, 0.717) is 11.7 Å². The molecular formula is C13H20N2O. The standard InChI is InChI=1S/C13H20N2O/c1-7-8-9(2)11-14-12(16-15-11)10(3)13(4,5)6/h7-8,10H,1H2,2-6H3/b9-8+/t10-/m1/s1. The van der Waals surface area contributed by atoms with Crippen LogP contribution in [-0.4, -0.2) is 10.1 Å². The van der Waals surface area contributed by atoms with Crippen LogP contribution in [-0.2, 0) is 0 Å². The molecule has 0 aliphatic rings. The van der Waals surface area contributed by atoms with Crippen LogP contribution in [0.4, 0.5) is 0 Å². The molecule has 0 N–H and O–H groups in total. The van der Waals surface area contributed by atoms with Crippen molar-refractivity contribution >= 4 is 5.57 Å². The van der Waals surface area contributed by atoms with Crippen LogP contribution in [0.3, 0.4) is 0 Å². The fraction of sp³-hybridized carbons (Fsp3) is 0.538. The molecule has 0 fully saturated rings. The molecule has 0 unspecified atom stereocenters. The molecule has 0 spiro atoms. The Bertz CT molecular complexity index is 396. The topological polar surface area (TPSA) is 38.9 Å². The Kier molecular flexibility index (Phi) is 3.68. The molecule has 3 nitrogen and oxygen atoms in total. The Morgan fingerprint density at radius 2 is 2.06 bits per heavy atom. The van der Waals surface area contributed by atoms with Gasteiger partial charge in [-0.2, -0.15) is 4.98 Å². The predicted octanol–water partition coefficient (Wildman–Crippen LogP) is 3.81. The van der Waals surface area contributed by atoms with Gasteiger partial charge in [-0.15, -0.1) is 0 Å². The van der Waals surface area contributed by atoms with E-state index in [1.807, 2.05) is 13.0 Å². The fourth-order valence-electron chi connectivity index (χ4n) is 1.19. The van der Waals surface area contributed by atoms with E-state index in [1.165, 1.54) is 0 Å². The van der Waals surface area contributed by atoms with E-state index >= 15 is 0 Å². The van der Waals surface area contributed by atoms with Crippen LogP contribution in [0.5, 0.6) is 0 Å². The molecule has 0 saturated carbocycles. The lowest BCUT2D eigenvalue weighted by Gasteiger charge is -2.23. The van der Waals surface area contributed by atoms with Crippen LogP contribution in [0.1, 0.15) is 52.3 Å².